The van der Waals surface area contributed by atoms with E-state index in [0.29, 0.717) is 6.42 Å². The molecule has 0 atom stereocenters. The zero-order chi connectivity index (χ0) is 19.0. The number of hydrogen-bond donors (Lipinski definition) is 2. The van der Waals surface area contributed by atoms with Gasteiger partial charge in [-0.1, -0.05) is 12.1 Å². The van der Waals surface area contributed by atoms with Crippen LogP contribution in [0, 0.1) is 23.2 Å². The molecule has 0 saturated heterocycles. The Bertz CT molecular complexity index is 748. The number of benzene rings is 1. The average Bonchev–Trinajstić information content (AvgIpc) is 2.57. The molecular formula is C22H29N3O2. The number of carbonyl (C=O) groups excluding carboxylic acids is 2. The second-order valence-corrected chi connectivity index (χ2v) is 9.09. The summed E-state index contributed by atoms with van der Waals surface area (Å²) in [6.45, 7) is 3.36. The first-order valence-electron chi connectivity index (χ1n) is 10.1. The van der Waals surface area contributed by atoms with Gasteiger partial charge in [0.25, 0.3) is 0 Å². The second kappa shape index (κ2) is 7.10. The maximum Gasteiger partial charge on any atom is 0.240 e. The topological polar surface area (TPSA) is 70.6 Å². The standard InChI is InChI=1S/C22H29N3O2/c1-14(19-4-3-5-20(9-19)23-15(2)26)24-25-21(27)13-22-10-16-6-17(11-22)8-18(7-16)12-22/h3-5,9,16-18H,6-8,10-13H2,1-2H3,(H,23,26)(H,25,27)/b24-14-. The Kier molecular flexibility index (Phi) is 4.79. The smallest absolute Gasteiger partial charge is 0.240 e. The lowest BCUT2D eigenvalue weighted by molar-refractivity contribution is -0.129. The largest absolute Gasteiger partial charge is 0.326 e. The Hall–Kier alpha value is -2.17. The first kappa shape index (κ1) is 18.2. The van der Waals surface area contributed by atoms with E-state index in [0.717, 1.165) is 34.7 Å². The van der Waals surface area contributed by atoms with Crippen molar-refractivity contribution in [3.05, 3.63) is 29.8 Å². The number of carbonyl (C=O) groups is 2. The molecule has 4 bridgehead atoms. The first-order valence-corrected chi connectivity index (χ1v) is 10.1. The van der Waals surface area contributed by atoms with E-state index in [2.05, 4.69) is 15.8 Å². The molecule has 4 aliphatic carbocycles. The van der Waals surface area contributed by atoms with Gasteiger partial charge < -0.3 is 5.32 Å². The molecular weight excluding hydrogens is 338 g/mol. The number of hydrazone groups is 1. The van der Waals surface area contributed by atoms with Crippen molar-refractivity contribution in [2.24, 2.45) is 28.3 Å². The number of nitrogens with zero attached hydrogens (tertiary/aromatic N) is 1. The molecule has 4 fully saturated rings. The van der Waals surface area contributed by atoms with Gasteiger partial charge in [0.15, 0.2) is 0 Å². The van der Waals surface area contributed by atoms with Crippen LogP contribution in [0.4, 0.5) is 5.69 Å². The van der Waals surface area contributed by atoms with Gasteiger partial charge in [-0.05, 0) is 86.3 Å². The van der Waals surface area contributed by atoms with Crippen LogP contribution in [0.5, 0.6) is 0 Å². The van der Waals surface area contributed by atoms with Crippen molar-refractivity contribution in [3.8, 4) is 0 Å². The highest BCUT2D eigenvalue weighted by Gasteiger charge is 2.51. The number of hydrogen-bond acceptors (Lipinski definition) is 3. The van der Waals surface area contributed by atoms with E-state index in [4.69, 9.17) is 0 Å². The normalized spacial score (nSPS) is 31.6. The van der Waals surface area contributed by atoms with E-state index in [1.807, 2.05) is 31.2 Å². The highest BCUT2D eigenvalue weighted by atomic mass is 16.2. The van der Waals surface area contributed by atoms with Crippen LogP contribution in [-0.2, 0) is 9.59 Å². The number of rotatable bonds is 5. The molecule has 0 heterocycles. The summed E-state index contributed by atoms with van der Waals surface area (Å²) in [7, 11) is 0. The fourth-order valence-corrected chi connectivity index (χ4v) is 6.12. The lowest BCUT2D eigenvalue weighted by Gasteiger charge is -2.56. The van der Waals surface area contributed by atoms with Crippen molar-refractivity contribution in [2.45, 2.75) is 58.8 Å². The third kappa shape index (κ3) is 4.07. The molecule has 4 saturated carbocycles. The zero-order valence-corrected chi connectivity index (χ0v) is 16.3. The zero-order valence-electron chi connectivity index (χ0n) is 16.3. The SMILES string of the molecule is CC(=O)Nc1cccc(/C(C)=N\NC(=O)CC23CC4CC(CC(C4)C2)C3)c1. The molecule has 2 N–H and O–H groups in total. The Labute approximate surface area is 161 Å². The Morgan fingerprint density at radius 1 is 1.07 bits per heavy atom. The van der Waals surface area contributed by atoms with Crippen LogP contribution in [-0.4, -0.2) is 17.5 Å². The van der Waals surface area contributed by atoms with Crippen molar-refractivity contribution < 1.29 is 9.59 Å². The monoisotopic (exact) mass is 367 g/mol. The molecule has 0 aromatic heterocycles. The maximum atomic E-state index is 12.6. The molecule has 4 aliphatic rings. The predicted octanol–water partition coefficient (Wildman–Crippen LogP) is 4.09. The molecule has 5 heteroatoms. The third-order valence-electron chi connectivity index (χ3n) is 6.65. The fraction of sp³-hybridized carbons (Fsp3) is 0.591. The minimum atomic E-state index is -0.106. The van der Waals surface area contributed by atoms with Gasteiger partial charge in [0, 0.05) is 19.0 Å². The average molecular weight is 367 g/mol. The molecule has 5 nitrogen and oxygen atoms in total. The van der Waals surface area contributed by atoms with E-state index in [1.54, 1.807) is 0 Å². The molecule has 0 spiro atoms. The maximum absolute atomic E-state index is 12.6. The van der Waals surface area contributed by atoms with Gasteiger partial charge in [0.05, 0.1) is 5.71 Å². The summed E-state index contributed by atoms with van der Waals surface area (Å²) < 4.78 is 0. The van der Waals surface area contributed by atoms with Crippen molar-refractivity contribution in [1.29, 1.82) is 0 Å². The van der Waals surface area contributed by atoms with Crippen LogP contribution in [0.25, 0.3) is 0 Å². The summed E-state index contributed by atoms with van der Waals surface area (Å²) in [4.78, 5) is 23.8. The lowest BCUT2D eigenvalue weighted by Crippen LogP contribution is -2.47. The van der Waals surface area contributed by atoms with Crippen LogP contribution in [0.1, 0.15) is 64.4 Å². The highest BCUT2D eigenvalue weighted by Crippen LogP contribution is 2.61. The van der Waals surface area contributed by atoms with Crippen molar-refractivity contribution in [1.82, 2.24) is 5.43 Å². The summed E-state index contributed by atoms with van der Waals surface area (Å²) in [6.07, 6.45) is 8.48. The summed E-state index contributed by atoms with van der Waals surface area (Å²) in [5, 5.41) is 7.09. The Balaban J connectivity index is 1.38. The van der Waals surface area contributed by atoms with E-state index < -0.39 is 0 Å². The van der Waals surface area contributed by atoms with Gasteiger partial charge in [-0.2, -0.15) is 5.10 Å². The number of amides is 2. The predicted molar refractivity (Wildman–Crippen MR) is 106 cm³/mol. The van der Waals surface area contributed by atoms with Crippen LogP contribution in [0.2, 0.25) is 0 Å². The minimum Gasteiger partial charge on any atom is -0.326 e. The minimum absolute atomic E-state index is 0.0364. The summed E-state index contributed by atoms with van der Waals surface area (Å²) in [5.41, 5.74) is 5.36. The molecule has 27 heavy (non-hydrogen) atoms. The quantitative estimate of drug-likeness (QED) is 0.608. The van der Waals surface area contributed by atoms with Gasteiger partial charge in [-0.25, -0.2) is 5.43 Å². The molecule has 0 unspecified atom stereocenters. The van der Waals surface area contributed by atoms with Crippen molar-refractivity contribution in [2.75, 3.05) is 5.32 Å². The summed E-state index contributed by atoms with van der Waals surface area (Å²) >= 11 is 0. The molecule has 144 valence electrons. The van der Waals surface area contributed by atoms with Gasteiger partial charge in [0.2, 0.25) is 11.8 Å². The van der Waals surface area contributed by atoms with Gasteiger partial charge in [0.1, 0.15) is 0 Å². The Morgan fingerprint density at radius 2 is 1.70 bits per heavy atom. The van der Waals surface area contributed by atoms with Crippen molar-refractivity contribution in [3.63, 3.8) is 0 Å². The fourth-order valence-electron chi connectivity index (χ4n) is 6.12. The Morgan fingerprint density at radius 3 is 2.30 bits per heavy atom. The molecule has 0 radical (unpaired) electrons. The second-order valence-electron chi connectivity index (χ2n) is 9.09. The van der Waals surface area contributed by atoms with Crippen LogP contribution in [0.3, 0.4) is 0 Å². The molecule has 2 amide bonds. The first-order chi connectivity index (χ1) is 12.9. The van der Waals surface area contributed by atoms with E-state index in [-0.39, 0.29) is 17.2 Å². The molecule has 5 rings (SSSR count). The van der Waals surface area contributed by atoms with Gasteiger partial charge in [-0.3, -0.25) is 9.59 Å². The number of anilines is 1. The molecule has 1 aromatic rings. The lowest BCUT2D eigenvalue weighted by atomic mass is 9.49. The van der Waals surface area contributed by atoms with Crippen LogP contribution < -0.4 is 10.7 Å². The third-order valence-corrected chi connectivity index (χ3v) is 6.65. The summed E-state index contributed by atoms with van der Waals surface area (Å²) in [5.74, 6) is 2.49. The molecule has 0 aliphatic heterocycles. The van der Waals surface area contributed by atoms with Gasteiger partial charge >= 0.3 is 0 Å². The van der Waals surface area contributed by atoms with Crippen LogP contribution in [0.15, 0.2) is 29.4 Å². The van der Waals surface area contributed by atoms with E-state index in [1.165, 1.54) is 45.4 Å². The highest BCUT2D eigenvalue weighted by molar-refractivity contribution is 6.00. The number of nitrogens with one attached hydrogen (secondary N) is 2. The molecule has 1 aromatic carbocycles. The summed E-state index contributed by atoms with van der Waals surface area (Å²) in [6, 6.07) is 7.50. The van der Waals surface area contributed by atoms with Crippen molar-refractivity contribution >= 4 is 23.2 Å². The van der Waals surface area contributed by atoms with Crippen LogP contribution >= 0.6 is 0 Å². The van der Waals surface area contributed by atoms with E-state index in [9.17, 15) is 9.59 Å². The van der Waals surface area contributed by atoms with Gasteiger partial charge in [-0.15, -0.1) is 0 Å². The van der Waals surface area contributed by atoms with E-state index >= 15 is 0 Å².